The van der Waals surface area contributed by atoms with Gasteiger partial charge in [0.1, 0.15) is 0 Å². The lowest BCUT2D eigenvalue weighted by atomic mass is 9.97. The SMILES string of the molecule is CC(C)(C)C=C/C=[N+](/[O-])c1ccccc1. The van der Waals surface area contributed by atoms with Gasteiger partial charge in [-0.3, -0.25) is 0 Å². The average molecular weight is 203 g/mol. The van der Waals surface area contributed by atoms with Gasteiger partial charge in [0.05, 0.1) is 0 Å². The molecular formula is C13H17NO. The largest absolute Gasteiger partial charge is 0.618 e. The zero-order valence-electron chi connectivity index (χ0n) is 9.47. The monoisotopic (exact) mass is 203 g/mol. The molecule has 0 unspecified atom stereocenters. The van der Waals surface area contributed by atoms with Gasteiger partial charge in [-0.05, 0) is 11.5 Å². The maximum atomic E-state index is 11.5. The topological polar surface area (TPSA) is 26.1 Å². The van der Waals surface area contributed by atoms with Crippen LogP contribution in [0.4, 0.5) is 5.69 Å². The van der Waals surface area contributed by atoms with E-state index < -0.39 is 0 Å². The molecule has 0 atom stereocenters. The summed E-state index contributed by atoms with van der Waals surface area (Å²) in [6.45, 7) is 6.28. The van der Waals surface area contributed by atoms with E-state index in [1.807, 2.05) is 24.3 Å². The Balaban J connectivity index is 2.74. The quantitative estimate of drug-likeness (QED) is 0.312. The summed E-state index contributed by atoms with van der Waals surface area (Å²) in [4.78, 5) is 0. The minimum Gasteiger partial charge on any atom is -0.618 e. The Labute approximate surface area is 91.1 Å². The molecule has 80 valence electrons. The molecule has 0 heterocycles. The van der Waals surface area contributed by atoms with E-state index in [9.17, 15) is 5.21 Å². The Bertz CT molecular complexity index is 358. The van der Waals surface area contributed by atoms with Gasteiger partial charge in [0.15, 0.2) is 6.21 Å². The van der Waals surface area contributed by atoms with Crippen molar-refractivity contribution in [1.82, 2.24) is 0 Å². The molecule has 0 spiro atoms. The predicted molar refractivity (Wildman–Crippen MR) is 64.4 cm³/mol. The normalized spacial score (nSPS) is 13.4. The molecule has 0 aromatic heterocycles. The van der Waals surface area contributed by atoms with Crippen molar-refractivity contribution >= 4 is 11.9 Å². The maximum absolute atomic E-state index is 11.5. The van der Waals surface area contributed by atoms with Crippen LogP contribution in [0.25, 0.3) is 0 Å². The van der Waals surface area contributed by atoms with E-state index in [-0.39, 0.29) is 5.41 Å². The molecule has 0 aliphatic heterocycles. The molecule has 1 aromatic carbocycles. The molecule has 1 rings (SSSR count). The molecule has 0 saturated carbocycles. The van der Waals surface area contributed by atoms with Crippen LogP contribution in [0.2, 0.25) is 0 Å². The van der Waals surface area contributed by atoms with Gasteiger partial charge < -0.3 is 5.21 Å². The summed E-state index contributed by atoms with van der Waals surface area (Å²) in [6.07, 6.45) is 5.32. The van der Waals surface area contributed by atoms with E-state index >= 15 is 0 Å². The van der Waals surface area contributed by atoms with Gasteiger partial charge in [0.25, 0.3) is 0 Å². The van der Waals surface area contributed by atoms with Crippen LogP contribution in [0.5, 0.6) is 0 Å². The summed E-state index contributed by atoms with van der Waals surface area (Å²) in [5.41, 5.74) is 0.754. The fourth-order valence-electron chi connectivity index (χ4n) is 1.07. The smallest absolute Gasteiger partial charge is 0.216 e. The average Bonchev–Trinajstić information content (AvgIpc) is 2.17. The van der Waals surface area contributed by atoms with Gasteiger partial charge in [0.2, 0.25) is 5.69 Å². The lowest BCUT2D eigenvalue weighted by molar-refractivity contribution is -0.354. The van der Waals surface area contributed by atoms with Crippen LogP contribution in [0.15, 0.2) is 42.5 Å². The lowest BCUT2D eigenvalue weighted by Crippen LogP contribution is -2.00. The third kappa shape index (κ3) is 4.45. The second kappa shape index (κ2) is 4.78. The minimum atomic E-state index is 0.105. The van der Waals surface area contributed by atoms with Crippen molar-refractivity contribution < 1.29 is 4.74 Å². The highest BCUT2D eigenvalue weighted by atomic mass is 16.5. The third-order valence-electron chi connectivity index (χ3n) is 1.83. The highest BCUT2D eigenvalue weighted by Gasteiger charge is 2.03. The van der Waals surface area contributed by atoms with Crippen molar-refractivity contribution in [2.24, 2.45) is 5.41 Å². The van der Waals surface area contributed by atoms with Crippen LogP contribution in [0, 0.1) is 10.6 Å². The summed E-state index contributed by atoms with van der Waals surface area (Å²) in [6, 6.07) is 9.16. The van der Waals surface area contributed by atoms with Crippen LogP contribution in [-0.2, 0) is 0 Å². The van der Waals surface area contributed by atoms with Gasteiger partial charge in [0, 0.05) is 12.1 Å². The first-order valence-corrected chi connectivity index (χ1v) is 5.03. The highest BCUT2D eigenvalue weighted by Crippen LogP contribution is 2.14. The van der Waals surface area contributed by atoms with Gasteiger partial charge in [-0.25, -0.2) is 0 Å². The lowest BCUT2D eigenvalue weighted by Gasteiger charge is -2.09. The molecule has 0 radical (unpaired) electrons. The molecule has 2 nitrogen and oxygen atoms in total. The molecule has 2 heteroatoms. The first kappa shape index (κ1) is 11.5. The van der Waals surface area contributed by atoms with Crippen LogP contribution < -0.4 is 0 Å². The fourth-order valence-corrected chi connectivity index (χ4v) is 1.07. The van der Waals surface area contributed by atoms with Crippen molar-refractivity contribution in [3.8, 4) is 0 Å². The van der Waals surface area contributed by atoms with E-state index in [1.54, 1.807) is 18.2 Å². The molecule has 0 saturated heterocycles. The van der Waals surface area contributed by atoms with Gasteiger partial charge >= 0.3 is 0 Å². The summed E-state index contributed by atoms with van der Waals surface area (Å²) in [5.74, 6) is 0. The van der Waals surface area contributed by atoms with E-state index in [4.69, 9.17) is 0 Å². The van der Waals surface area contributed by atoms with E-state index in [0.29, 0.717) is 5.69 Å². The molecular weight excluding hydrogens is 186 g/mol. The van der Waals surface area contributed by atoms with Gasteiger partial charge in [-0.2, -0.15) is 4.74 Å². The van der Waals surface area contributed by atoms with Crippen LogP contribution in [0.3, 0.4) is 0 Å². The molecule has 0 fully saturated rings. The molecule has 0 aliphatic rings. The number of benzene rings is 1. The number of hydrogen-bond donors (Lipinski definition) is 0. The Kier molecular flexibility index (Phi) is 3.67. The van der Waals surface area contributed by atoms with Crippen molar-refractivity contribution in [2.45, 2.75) is 20.8 Å². The summed E-state index contributed by atoms with van der Waals surface area (Å²) in [5, 5.41) is 11.5. The second-order valence-corrected chi connectivity index (χ2v) is 4.54. The number of nitrogens with zero attached hydrogens (tertiary/aromatic N) is 1. The molecule has 0 aliphatic carbocycles. The van der Waals surface area contributed by atoms with Gasteiger partial charge in [-0.15, -0.1) is 0 Å². The maximum Gasteiger partial charge on any atom is 0.216 e. The molecule has 0 N–H and O–H groups in total. The van der Waals surface area contributed by atoms with Crippen molar-refractivity contribution in [2.75, 3.05) is 0 Å². The van der Waals surface area contributed by atoms with Crippen molar-refractivity contribution in [1.29, 1.82) is 0 Å². The second-order valence-electron chi connectivity index (χ2n) is 4.54. The predicted octanol–water partition coefficient (Wildman–Crippen LogP) is 3.50. The van der Waals surface area contributed by atoms with E-state index in [2.05, 4.69) is 20.8 Å². The zero-order valence-corrected chi connectivity index (χ0v) is 9.47. The zero-order chi connectivity index (χ0) is 11.3. The number of hydrogen-bond acceptors (Lipinski definition) is 1. The fraction of sp³-hybridized carbons (Fsp3) is 0.308. The Morgan fingerprint density at radius 1 is 1.13 bits per heavy atom. The first-order chi connectivity index (χ1) is 6.99. The first-order valence-electron chi connectivity index (χ1n) is 5.03. The molecule has 15 heavy (non-hydrogen) atoms. The van der Waals surface area contributed by atoms with E-state index in [1.165, 1.54) is 6.21 Å². The Morgan fingerprint density at radius 2 is 1.73 bits per heavy atom. The highest BCUT2D eigenvalue weighted by molar-refractivity contribution is 5.67. The van der Waals surface area contributed by atoms with Crippen LogP contribution >= 0.6 is 0 Å². The third-order valence-corrected chi connectivity index (χ3v) is 1.83. The number of rotatable bonds is 2. The van der Waals surface area contributed by atoms with Crippen molar-refractivity contribution in [3.05, 3.63) is 47.7 Å². The van der Waals surface area contributed by atoms with E-state index in [0.717, 1.165) is 4.74 Å². The molecule has 1 aromatic rings. The summed E-state index contributed by atoms with van der Waals surface area (Å²) < 4.78 is 0.863. The van der Waals surface area contributed by atoms with Gasteiger partial charge in [-0.1, -0.05) is 45.0 Å². The summed E-state index contributed by atoms with van der Waals surface area (Å²) >= 11 is 0. The standard InChI is InChI=1S/C13H17NO/c1-13(2,3)10-7-11-14(15)12-8-5-4-6-9-12/h4-11H,1-3H3/b10-7?,14-11+. The Morgan fingerprint density at radius 3 is 2.27 bits per heavy atom. The molecule has 0 amide bonds. The van der Waals surface area contributed by atoms with Crippen LogP contribution in [0.1, 0.15) is 20.8 Å². The minimum absolute atomic E-state index is 0.105. The Hall–Kier alpha value is -1.57. The number of para-hydroxylation sites is 1. The molecule has 0 bridgehead atoms. The number of allylic oxidation sites excluding steroid dienone is 2. The van der Waals surface area contributed by atoms with Crippen LogP contribution in [-0.4, -0.2) is 11.0 Å². The van der Waals surface area contributed by atoms with Crippen molar-refractivity contribution in [3.63, 3.8) is 0 Å². The summed E-state index contributed by atoms with van der Waals surface area (Å²) in [7, 11) is 0.